The van der Waals surface area contributed by atoms with Gasteiger partial charge in [0, 0.05) is 22.6 Å². The Hall–Kier alpha value is -2.79. The van der Waals surface area contributed by atoms with Gasteiger partial charge in [-0.3, -0.25) is 4.79 Å². The van der Waals surface area contributed by atoms with Gasteiger partial charge < -0.3 is 9.84 Å². The lowest BCUT2D eigenvalue weighted by Gasteiger charge is -2.30. The van der Waals surface area contributed by atoms with Gasteiger partial charge in [-0.25, -0.2) is 4.39 Å². The lowest BCUT2D eigenvalue weighted by Crippen LogP contribution is -2.16. The Morgan fingerprint density at radius 1 is 1.05 bits per heavy atom. The fraction of sp³-hybridized carbons (Fsp3) is 0.406. The lowest BCUT2D eigenvalue weighted by atomic mass is 9.75. The Balaban J connectivity index is 0.00000186. The summed E-state index contributed by atoms with van der Waals surface area (Å²) in [6.45, 7) is 8.64. The van der Waals surface area contributed by atoms with Crippen molar-refractivity contribution >= 4 is 17.7 Å². The summed E-state index contributed by atoms with van der Waals surface area (Å²) in [4.78, 5) is 12.0. The maximum Gasteiger partial charge on any atom is 0.303 e. The fourth-order valence-electron chi connectivity index (χ4n) is 5.19. The number of hydrogen-bond acceptors (Lipinski definition) is 3. The van der Waals surface area contributed by atoms with Crippen LogP contribution in [0, 0.1) is 11.2 Å². The maximum absolute atomic E-state index is 15.0. The van der Waals surface area contributed by atoms with Crippen molar-refractivity contribution in [3.05, 3.63) is 83.2 Å². The Kier molecular flexibility index (Phi) is 10.2. The second kappa shape index (κ2) is 13.1. The van der Waals surface area contributed by atoms with Crippen molar-refractivity contribution in [3.8, 4) is 16.9 Å². The van der Waals surface area contributed by atoms with Gasteiger partial charge in [-0.05, 0) is 83.2 Å². The Bertz CT molecular complexity index is 1200. The highest BCUT2D eigenvalue weighted by Gasteiger charge is 2.37. The number of thioether (sulfide) groups is 1. The number of carbonyl (C=O) groups is 1. The molecule has 37 heavy (non-hydrogen) atoms. The quantitative estimate of drug-likeness (QED) is 0.285. The Labute approximate surface area is 225 Å². The molecule has 1 atom stereocenters. The van der Waals surface area contributed by atoms with E-state index in [-0.39, 0.29) is 17.7 Å². The van der Waals surface area contributed by atoms with Gasteiger partial charge in [-0.1, -0.05) is 64.4 Å². The monoisotopic (exact) mass is 522 g/mol. The molecule has 0 saturated heterocycles. The highest BCUT2D eigenvalue weighted by molar-refractivity contribution is 7.98. The van der Waals surface area contributed by atoms with Crippen molar-refractivity contribution < 1.29 is 19.0 Å². The van der Waals surface area contributed by atoms with Crippen LogP contribution >= 0.6 is 11.8 Å². The molecule has 198 valence electrons. The summed E-state index contributed by atoms with van der Waals surface area (Å²) in [7, 11) is 1.61. The Morgan fingerprint density at radius 2 is 1.84 bits per heavy atom. The first kappa shape index (κ1) is 28.8. The molecule has 5 heteroatoms. The van der Waals surface area contributed by atoms with Crippen LogP contribution in [-0.4, -0.2) is 18.2 Å². The second-order valence-corrected chi connectivity index (χ2v) is 11.1. The van der Waals surface area contributed by atoms with Crippen LogP contribution in [0.5, 0.6) is 5.75 Å². The van der Waals surface area contributed by atoms with E-state index in [0.717, 1.165) is 28.2 Å². The zero-order chi connectivity index (χ0) is 27.0. The summed E-state index contributed by atoms with van der Waals surface area (Å²) in [5, 5.41) is 8.96. The van der Waals surface area contributed by atoms with Gasteiger partial charge in [0.15, 0.2) is 0 Å². The van der Waals surface area contributed by atoms with Gasteiger partial charge in [-0.2, -0.15) is 0 Å². The number of aryl methyl sites for hydroxylation is 1. The number of halogens is 1. The third kappa shape index (κ3) is 7.38. The van der Waals surface area contributed by atoms with E-state index < -0.39 is 5.97 Å². The number of rotatable bonds is 9. The van der Waals surface area contributed by atoms with Crippen LogP contribution in [0.4, 0.5) is 4.39 Å². The predicted molar refractivity (Wildman–Crippen MR) is 152 cm³/mol. The molecule has 3 aromatic rings. The van der Waals surface area contributed by atoms with E-state index in [0.29, 0.717) is 23.7 Å². The molecule has 1 N–H and O–H groups in total. The van der Waals surface area contributed by atoms with Gasteiger partial charge in [-0.15, -0.1) is 11.8 Å². The van der Waals surface area contributed by atoms with E-state index in [4.69, 9.17) is 9.84 Å². The van der Waals surface area contributed by atoms with Crippen molar-refractivity contribution in [1.82, 2.24) is 0 Å². The van der Waals surface area contributed by atoms with Gasteiger partial charge >= 0.3 is 5.97 Å². The van der Waals surface area contributed by atoms with Crippen LogP contribution in [0.25, 0.3) is 11.1 Å². The summed E-state index contributed by atoms with van der Waals surface area (Å²) >= 11 is 1.74. The summed E-state index contributed by atoms with van der Waals surface area (Å²) < 4.78 is 20.4. The van der Waals surface area contributed by atoms with Crippen LogP contribution in [-0.2, 0) is 17.0 Å². The van der Waals surface area contributed by atoms with Crippen molar-refractivity contribution in [2.75, 3.05) is 7.11 Å². The minimum absolute atomic E-state index is 0.136. The van der Waals surface area contributed by atoms with Crippen molar-refractivity contribution in [3.63, 3.8) is 0 Å². The average molecular weight is 523 g/mol. The molecule has 0 heterocycles. The fourth-order valence-corrected chi connectivity index (χ4v) is 6.11. The maximum atomic E-state index is 15.0. The number of benzene rings is 3. The second-order valence-electron chi connectivity index (χ2n) is 10.0. The average Bonchev–Trinajstić information content (AvgIpc) is 3.26. The smallest absolute Gasteiger partial charge is 0.303 e. The van der Waals surface area contributed by atoms with Crippen LogP contribution in [0.15, 0.2) is 65.6 Å². The van der Waals surface area contributed by atoms with E-state index in [1.165, 1.54) is 30.0 Å². The van der Waals surface area contributed by atoms with E-state index >= 15 is 0 Å². The third-order valence-electron chi connectivity index (χ3n) is 7.14. The van der Waals surface area contributed by atoms with Crippen molar-refractivity contribution in [2.45, 2.75) is 76.4 Å². The highest BCUT2D eigenvalue weighted by atomic mass is 32.2. The standard InChI is InChI=1S/C30H33FO3S.C2H6/c1-30(2)15-5-8-27(30)25-17-21(9-12-24(25)26-18-22(34-3)11-13-28(26)31)19-35-23-7-4-6-20(16-23)10-14-29(32)33;1-2/h4,6-7,9,11-13,16-18,27H,5,8,10,14-15,19H2,1-3H3,(H,32,33);1-2H3. The number of carboxylic acid groups (broad SMARTS) is 1. The molecule has 3 nitrogen and oxygen atoms in total. The van der Waals surface area contributed by atoms with Crippen LogP contribution in [0.2, 0.25) is 0 Å². The first-order chi connectivity index (χ1) is 17.8. The van der Waals surface area contributed by atoms with E-state index in [1.807, 2.05) is 26.0 Å². The molecule has 1 fully saturated rings. The summed E-state index contributed by atoms with van der Waals surface area (Å²) in [6.07, 6.45) is 4.12. The summed E-state index contributed by atoms with van der Waals surface area (Å²) in [6, 6.07) is 19.5. The number of hydrogen-bond donors (Lipinski definition) is 1. The molecular formula is C32H39FO3S. The van der Waals surface area contributed by atoms with E-state index in [9.17, 15) is 9.18 Å². The minimum atomic E-state index is -0.780. The van der Waals surface area contributed by atoms with Crippen molar-refractivity contribution in [1.29, 1.82) is 0 Å². The number of ether oxygens (including phenoxy) is 1. The lowest BCUT2D eigenvalue weighted by molar-refractivity contribution is -0.136. The first-order valence-corrected chi connectivity index (χ1v) is 14.2. The molecule has 1 aliphatic rings. The molecular weight excluding hydrogens is 483 g/mol. The number of aliphatic carboxylic acids is 1. The molecule has 1 aliphatic carbocycles. The Morgan fingerprint density at radius 3 is 2.51 bits per heavy atom. The molecule has 0 aromatic heterocycles. The van der Waals surface area contributed by atoms with E-state index in [2.05, 4.69) is 44.2 Å². The molecule has 1 unspecified atom stereocenters. The third-order valence-corrected chi connectivity index (χ3v) is 8.21. The topological polar surface area (TPSA) is 46.5 Å². The zero-order valence-electron chi connectivity index (χ0n) is 22.6. The molecule has 1 saturated carbocycles. The van der Waals surface area contributed by atoms with Crippen LogP contribution < -0.4 is 4.74 Å². The SMILES string of the molecule is CC.COc1ccc(F)c(-c2ccc(CSc3cccc(CCC(=O)O)c3)cc2C2CCCC2(C)C)c1. The van der Waals surface area contributed by atoms with Crippen molar-refractivity contribution in [2.24, 2.45) is 5.41 Å². The summed E-state index contributed by atoms with van der Waals surface area (Å²) in [5.74, 6) is 0.803. The molecule has 0 radical (unpaired) electrons. The largest absolute Gasteiger partial charge is 0.497 e. The normalized spacial score (nSPS) is 16.1. The van der Waals surface area contributed by atoms with Gasteiger partial charge in [0.1, 0.15) is 11.6 Å². The molecule has 0 amide bonds. The minimum Gasteiger partial charge on any atom is -0.497 e. The van der Waals surface area contributed by atoms with Crippen LogP contribution in [0.1, 0.15) is 76.0 Å². The molecule has 0 spiro atoms. The molecule has 3 aromatic carbocycles. The molecule has 0 bridgehead atoms. The van der Waals surface area contributed by atoms with Gasteiger partial charge in [0.05, 0.1) is 7.11 Å². The van der Waals surface area contributed by atoms with Crippen LogP contribution in [0.3, 0.4) is 0 Å². The molecule has 4 rings (SSSR count). The number of carboxylic acids is 1. The number of methoxy groups -OCH3 is 1. The first-order valence-electron chi connectivity index (χ1n) is 13.2. The molecule has 0 aliphatic heterocycles. The summed E-state index contributed by atoms with van der Waals surface area (Å²) in [5.41, 5.74) is 5.16. The zero-order valence-corrected chi connectivity index (χ0v) is 23.5. The van der Waals surface area contributed by atoms with Gasteiger partial charge in [0.25, 0.3) is 0 Å². The highest BCUT2D eigenvalue weighted by Crippen LogP contribution is 2.51. The van der Waals surface area contributed by atoms with Gasteiger partial charge in [0.2, 0.25) is 0 Å². The van der Waals surface area contributed by atoms with E-state index in [1.54, 1.807) is 31.0 Å². The predicted octanol–water partition coefficient (Wildman–Crippen LogP) is 9.13.